The molecule has 1 fully saturated rings. The van der Waals surface area contributed by atoms with Crippen molar-refractivity contribution in [2.45, 2.75) is 19.4 Å². The number of halogens is 2. The topological polar surface area (TPSA) is 88.3 Å². The molecular formula is C16H16ClFN4O3S. The Morgan fingerprint density at radius 1 is 1.46 bits per heavy atom. The number of carbonyl (C=O) groups excluding carboxylic acids is 1. The number of hydrogen-bond donors (Lipinski definition) is 1. The summed E-state index contributed by atoms with van der Waals surface area (Å²) in [5.41, 5.74) is 1.11. The van der Waals surface area contributed by atoms with Gasteiger partial charge in [-0.25, -0.2) is 9.07 Å². The monoisotopic (exact) mass is 398 g/mol. The van der Waals surface area contributed by atoms with Crippen LogP contribution in [-0.4, -0.2) is 61.0 Å². The van der Waals surface area contributed by atoms with E-state index in [1.54, 1.807) is 23.6 Å². The van der Waals surface area contributed by atoms with Crippen LogP contribution in [0.2, 0.25) is 5.02 Å². The van der Waals surface area contributed by atoms with Gasteiger partial charge in [-0.15, -0.1) is 5.10 Å². The molecule has 2 aromatic rings. The van der Waals surface area contributed by atoms with Gasteiger partial charge >= 0.3 is 5.97 Å². The molecule has 138 valence electrons. The summed E-state index contributed by atoms with van der Waals surface area (Å²) in [5, 5.41) is 17.0. The summed E-state index contributed by atoms with van der Waals surface area (Å²) in [6.45, 7) is 2.13. The Morgan fingerprint density at radius 3 is 2.92 bits per heavy atom. The van der Waals surface area contributed by atoms with Crippen molar-refractivity contribution in [2.75, 3.05) is 18.1 Å². The van der Waals surface area contributed by atoms with E-state index in [4.69, 9.17) is 16.7 Å². The zero-order valence-corrected chi connectivity index (χ0v) is 15.4. The normalized spacial score (nSPS) is 17.3. The predicted molar refractivity (Wildman–Crippen MR) is 95.5 cm³/mol. The van der Waals surface area contributed by atoms with Crippen LogP contribution in [-0.2, 0) is 4.79 Å². The first kappa shape index (κ1) is 18.7. The van der Waals surface area contributed by atoms with Gasteiger partial charge in [-0.05, 0) is 25.1 Å². The van der Waals surface area contributed by atoms with Gasteiger partial charge in [0.05, 0.1) is 28.9 Å². The first-order valence-electron chi connectivity index (χ1n) is 7.86. The molecule has 0 spiro atoms. The number of benzene rings is 1. The number of carboxylic acid groups (broad SMARTS) is 1. The molecule has 0 saturated carbocycles. The van der Waals surface area contributed by atoms with E-state index < -0.39 is 11.8 Å². The number of amides is 1. The standard InChI is InChI=1S/C16H16ClFN4O3S/c1-9-15(16(25)21-4-5-26-8-11(21)7-14(23)24)19-20-22(9)10-2-3-13(18)12(17)6-10/h2-3,6,11H,4-5,7-8H2,1H3,(H,23,24). The molecule has 1 atom stereocenters. The van der Waals surface area contributed by atoms with E-state index in [9.17, 15) is 14.0 Å². The summed E-state index contributed by atoms with van der Waals surface area (Å²) in [6, 6.07) is 3.72. The van der Waals surface area contributed by atoms with Crippen molar-refractivity contribution < 1.29 is 19.1 Å². The van der Waals surface area contributed by atoms with Crippen molar-refractivity contribution in [1.82, 2.24) is 19.9 Å². The summed E-state index contributed by atoms with van der Waals surface area (Å²) >= 11 is 7.43. The minimum Gasteiger partial charge on any atom is -0.481 e. The minimum atomic E-state index is -0.948. The van der Waals surface area contributed by atoms with Crippen LogP contribution in [0.15, 0.2) is 18.2 Å². The second-order valence-corrected chi connectivity index (χ2v) is 7.42. The molecular weight excluding hydrogens is 383 g/mol. The highest BCUT2D eigenvalue weighted by molar-refractivity contribution is 7.99. The third kappa shape index (κ3) is 3.68. The van der Waals surface area contributed by atoms with E-state index >= 15 is 0 Å². The lowest BCUT2D eigenvalue weighted by Crippen LogP contribution is -2.47. The van der Waals surface area contributed by atoms with Crippen LogP contribution in [0.1, 0.15) is 22.6 Å². The highest BCUT2D eigenvalue weighted by Crippen LogP contribution is 2.24. The Kier molecular flexibility index (Phi) is 5.47. The summed E-state index contributed by atoms with van der Waals surface area (Å²) < 4.78 is 14.8. The Balaban J connectivity index is 1.89. The largest absolute Gasteiger partial charge is 0.481 e. The highest BCUT2D eigenvalue weighted by atomic mass is 35.5. The van der Waals surface area contributed by atoms with Gasteiger partial charge in [0.15, 0.2) is 5.69 Å². The fourth-order valence-corrected chi connectivity index (χ4v) is 4.05. The maximum atomic E-state index is 13.4. The molecule has 0 aliphatic carbocycles. The second-order valence-electron chi connectivity index (χ2n) is 5.86. The van der Waals surface area contributed by atoms with Crippen LogP contribution in [0.5, 0.6) is 0 Å². The van der Waals surface area contributed by atoms with Crippen molar-refractivity contribution in [2.24, 2.45) is 0 Å². The quantitative estimate of drug-likeness (QED) is 0.850. The Hall–Kier alpha value is -2.13. The average Bonchev–Trinajstić information content (AvgIpc) is 2.98. The minimum absolute atomic E-state index is 0.0557. The smallest absolute Gasteiger partial charge is 0.305 e. The molecule has 0 radical (unpaired) electrons. The fraction of sp³-hybridized carbons (Fsp3) is 0.375. The molecule has 1 aromatic carbocycles. The van der Waals surface area contributed by atoms with Crippen molar-refractivity contribution in [3.8, 4) is 5.69 Å². The van der Waals surface area contributed by atoms with Crippen LogP contribution in [0.25, 0.3) is 5.69 Å². The van der Waals surface area contributed by atoms with Gasteiger partial charge < -0.3 is 10.0 Å². The van der Waals surface area contributed by atoms with E-state index in [-0.39, 0.29) is 29.1 Å². The third-order valence-corrected chi connectivity index (χ3v) is 5.52. The number of thioether (sulfide) groups is 1. The molecule has 10 heteroatoms. The first-order chi connectivity index (χ1) is 12.4. The molecule has 1 saturated heterocycles. The highest BCUT2D eigenvalue weighted by Gasteiger charge is 2.32. The van der Waals surface area contributed by atoms with Crippen molar-refractivity contribution in [1.29, 1.82) is 0 Å². The summed E-state index contributed by atoms with van der Waals surface area (Å²) in [4.78, 5) is 25.5. The molecule has 1 unspecified atom stereocenters. The summed E-state index contributed by atoms with van der Waals surface area (Å²) in [7, 11) is 0. The Bertz CT molecular complexity index is 860. The number of carboxylic acids is 1. The molecule has 1 amide bonds. The van der Waals surface area contributed by atoms with Crippen LogP contribution >= 0.6 is 23.4 Å². The first-order valence-corrected chi connectivity index (χ1v) is 9.40. The number of aliphatic carboxylic acids is 1. The average molecular weight is 399 g/mol. The van der Waals surface area contributed by atoms with Gasteiger partial charge in [-0.3, -0.25) is 9.59 Å². The maximum absolute atomic E-state index is 13.4. The Morgan fingerprint density at radius 2 is 2.23 bits per heavy atom. The van der Waals surface area contributed by atoms with Gasteiger partial charge in [0.1, 0.15) is 5.82 Å². The van der Waals surface area contributed by atoms with Crippen LogP contribution < -0.4 is 0 Å². The maximum Gasteiger partial charge on any atom is 0.305 e. The zero-order chi connectivity index (χ0) is 18.8. The number of hydrogen-bond acceptors (Lipinski definition) is 5. The molecule has 2 heterocycles. The molecule has 1 aliphatic rings. The molecule has 1 N–H and O–H groups in total. The van der Waals surface area contributed by atoms with E-state index in [1.807, 2.05) is 0 Å². The molecule has 7 nitrogen and oxygen atoms in total. The van der Waals surface area contributed by atoms with E-state index in [0.717, 1.165) is 5.75 Å². The van der Waals surface area contributed by atoms with Crippen LogP contribution in [0, 0.1) is 12.7 Å². The predicted octanol–water partition coefficient (Wildman–Crippen LogP) is 2.40. The third-order valence-electron chi connectivity index (χ3n) is 4.14. The van der Waals surface area contributed by atoms with Crippen molar-refractivity contribution in [3.05, 3.63) is 40.4 Å². The molecule has 3 rings (SSSR count). The van der Waals surface area contributed by atoms with Gasteiger partial charge in [0.25, 0.3) is 5.91 Å². The van der Waals surface area contributed by atoms with Gasteiger partial charge in [0.2, 0.25) is 0 Å². The fourth-order valence-electron chi connectivity index (χ4n) is 2.82. The van der Waals surface area contributed by atoms with Crippen molar-refractivity contribution >= 4 is 35.2 Å². The van der Waals surface area contributed by atoms with Gasteiger partial charge in [0, 0.05) is 18.1 Å². The zero-order valence-electron chi connectivity index (χ0n) is 13.9. The van der Waals surface area contributed by atoms with Crippen molar-refractivity contribution in [3.63, 3.8) is 0 Å². The van der Waals surface area contributed by atoms with Gasteiger partial charge in [-0.1, -0.05) is 16.8 Å². The van der Waals surface area contributed by atoms with Gasteiger partial charge in [-0.2, -0.15) is 11.8 Å². The van der Waals surface area contributed by atoms with E-state index in [1.165, 1.54) is 22.9 Å². The van der Waals surface area contributed by atoms with E-state index in [0.29, 0.717) is 23.7 Å². The SMILES string of the molecule is Cc1c(C(=O)N2CCSCC2CC(=O)O)nnn1-c1ccc(F)c(Cl)c1. The summed E-state index contributed by atoms with van der Waals surface area (Å²) in [5.74, 6) is -0.543. The summed E-state index contributed by atoms with van der Waals surface area (Å²) in [6.07, 6.45) is -0.112. The lowest BCUT2D eigenvalue weighted by atomic mass is 10.1. The molecule has 26 heavy (non-hydrogen) atoms. The second kappa shape index (κ2) is 7.63. The lowest BCUT2D eigenvalue weighted by Gasteiger charge is -2.34. The number of aromatic nitrogens is 3. The Labute approximate surface area is 158 Å². The number of nitrogens with zero attached hydrogens (tertiary/aromatic N) is 4. The van der Waals surface area contributed by atoms with Crippen LogP contribution in [0.4, 0.5) is 4.39 Å². The number of rotatable bonds is 4. The van der Waals surface area contributed by atoms with Crippen LogP contribution in [0.3, 0.4) is 0 Å². The number of carbonyl (C=O) groups is 2. The molecule has 1 aliphatic heterocycles. The molecule has 0 bridgehead atoms. The molecule has 1 aromatic heterocycles. The lowest BCUT2D eigenvalue weighted by molar-refractivity contribution is -0.138. The van der Waals surface area contributed by atoms with E-state index in [2.05, 4.69) is 10.3 Å².